The third kappa shape index (κ3) is 7.98. The molecule has 1 fully saturated rings. The average Bonchev–Trinajstić information content (AvgIpc) is 2.74. The Morgan fingerprint density at radius 1 is 1.00 bits per heavy atom. The van der Waals surface area contributed by atoms with Crippen LogP contribution >= 0.6 is 11.6 Å². The van der Waals surface area contributed by atoms with Gasteiger partial charge in [0, 0.05) is 18.4 Å². The lowest BCUT2D eigenvalue weighted by Gasteiger charge is -2.21. The summed E-state index contributed by atoms with van der Waals surface area (Å²) in [5, 5.41) is 7.36. The van der Waals surface area contributed by atoms with Gasteiger partial charge in [0.1, 0.15) is 0 Å². The molecule has 1 heterocycles. The molecule has 29 heavy (non-hydrogen) atoms. The third-order valence-electron chi connectivity index (χ3n) is 5.76. The normalized spacial score (nSPS) is 14.2. The maximum atomic E-state index is 6.32. The minimum atomic E-state index is 0.751. The number of hydrogen-bond acceptors (Lipinski definition) is 3. The molecular formula is C25H38ClN3. The predicted octanol–water partition coefficient (Wildman–Crippen LogP) is 6.70. The Balaban J connectivity index is 0.000000537. The van der Waals surface area contributed by atoms with Crippen molar-refractivity contribution in [2.24, 2.45) is 5.92 Å². The summed E-state index contributed by atoms with van der Waals surface area (Å²) in [7, 11) is 0. The van der Waals surface area contributed by atoms with Gasteiger partial charge in [-0.15, -0.1) is 0 Å². The molecule has 2 N–H and O–H groups in total. The molecule has 0 radical (unpaired) electrons. The van der Waals surface area contributed by atoms with Crippen LogP contribution < -0.4 is 10.6 Å². The number of nitrogens with one attached hydrogen (secondary N) is 2. The van der Waals surface area contributed by atoms with E-state index in [1.54, 1.807) is 0 Å². The van der Waals surface area contributed by atoms with Gasteiger partial charge in [0.15, 0.2) is 0 Å². The zero-order chi connectivity index (χ0) is 21.1. The van der Waals surface area contributed by atoms with Gasteiger partial charge >= 0.3 is 0 Å². The molecule has 0 atom stereocenters. The Labute approximate surface area is 182 Å². The van der Waals surface area contributed by atoms with Gasteiger partial charge in [-0.1, -0.05) is 69.7 Å². The molecule has 0 unspecified atom stereocenters. The molecule has 4 heteroatoms. The molecule has 1 aromatic carbocycles. The van der Waals surface area contributed by atoms with Crippen molar-refractivity contribution in [3.63, 3.8) is 0 Å². The van der Waals surface area contributed by atoms with Crippen LogP contribution in [0.15, 0.2) is 30.5 Å². The number of aromatic nitrogens is 1. The topological polar surface area (TPSA) is 37.0 Å². The third-order valence-corrected chi connectivity index (χ3v) is 6.08. The van der Waals surface area contributed by atoms with Crippen LogP contribution in [0.3, 0.4) is 0 Å². The highest BCUT2D eigenvalue weighted by atomic mass is 35.5. The Bertz CT molecular complexity index is 720. The average molecular weight is 416 g/mol. The van der Waals surface area contributed by atoms with Crippen molar-refractivity contribution >= 4 is 17.3 Å². The van der Waals surface area contributed by atoms with Crippen molar-refractivity contribution in [2.45, 2.75) is 72.8 Å². The number of aryl methyl sites for hydroxylation is 1. The molecule has 2 aromatic rings. The molecule has 0 spiro atoms. The van der Waals surface area contributed by atoms with Crippen LogP contribution in [0, 0.1) is 19.8 Å². The molecule has 0 amide bonds. The fourth-order valence-corrected chi connectivity index (χ4v) is 4.08. The summed E-state index contributed by atoms with van der Waals surface area (Å²) in [5.41, 5.74) is 5.92. The zero-order valence-corrected chi connectivity index (χ0v) is 19.4. The lowest BCUT2D eigenvalue weighted by atomic mass is 9.86. The van der Waals surface area contributed by atoms with Crippen molar-refractivity contribution in [1.82, 2.24) is 10.3 Å². The largest absolute Gasteiger partial charge is 0.379 e. The number of anilines is 1. The number of halogens is 1. The van der Waals surface area contributed by atoms with E-state index in [9.17, 15) is 0 Å². The van der Waals surface area contributed by atoms with Gasteiger partial charge in [-0.25, -0.2) is 0 Å². The maximum absolute atomic E-state index is 6.32. The molecule has 0 aliphatic heterocycles. The van der Waals surface area contributed by atoms with Gasteiger partial charge in [-0.3, -0.25) is 4.98 Å². The van der Waals surface area contributed by atoms with Crippen LogP contribution in [0.2, 0.25) is 5.02 Å². The monoisotopic (exact) mass is 415 g/mol. The number of pyridine rings is 1. The van der Waals surface area contributed by atoms with Crippen LogP contribution in [0.4, 0.5) is 5.69 Å². The van der Waals surface area contributed by atoms with E-state index in [2.05, 4.69) is 61.5 Å². The molecule has 1 aliphatic carbocycles. The number of benzene rings is 1. The molecule has 3 nitrogen and oxygen atoms in total. The van der Waals surface area contributed by atoms with Crippen LogP contribution in [0.25, 0.3) is 0 Å². The van der Waals surface area contributed by atoms with Crippen molar-refractivity contribution in [2.75, 3.05) is 18.4 Å². The van der Waals surface area contributed by atoms with Crippen LogP contribution in [0.1, 0.15) is 68.3 Å². The van der Waals surface area contributed by atoms with E-state index in [0.717, 1.165) is 42.7 Å². The number of rotatable bonds is 7. The van der Waals surface area contributed by atoms with Gasteiger partial charge in [-0.05, 0) is 68.1 Å². The summed E-state index contributed by atoms with van der Waals surface area (Å²) in [6, 6.07) is 8.40. The second-order valence-electron chi connectivity index (χ2n) is 8.04. The van der Waals surface area contributed by atoms with E-state index < -0.39 is 0 Å². The highest BCUT2D eigenvalue weighted by Gasteiger charge is 2.14. The second kappa shape index (κ2) is 12.9. The first-order valence-corrected chi connectivity index (χ1v) is 11.6. The molecular weight excluding hydrogens is 378 g/mol. The van der Waals surface area contributed by atoms with Gasteiger partial charge in [-0.2, -0.15) is 0 Å². The van der Waals surface area contributed by atoms with E-state index in [0.29, 0.717) is 0 Å². The highest BCUT2D eigenvalue weighted by Crippen LogP contribution is 2.29. The first-order chi connectivity index (χ1) is 14.0. The lowest BCUT2D eigenvalue weighted by Crippen LogP contribution is -2.10. The maximum Gasteiger partial charge on any atom is 0.0640 e. The van der Waals surface area contributed by atoms with Crippen molar-refractivity contribution < 1.29 is 0 Å². The summed E-state index contributed by atoms with van der Waals surface area (Å²) in [6.07, 6.45) is 10.1. The van der Waals surface area contributed by atoms with E-state index in [1.165, 1.54) is 54.5 Å². The van der Waals surface area contributed by atoms with Gasteiger partial charge in [0.2, 0.25) is 0 Å². The minimum Gasteiger partial charge on any atom is -0.379 e. The first kappa shape index (κ1) is 23.7. The Hall–Kier alpha value is -1.58. The fraction of sp³-hybridized carbons (Fsp3) is 0.560. The van der Waals surface area contributed by atoms with Crippen molar-refractivity contribution in [1.29, 1.82) is 0 Å². The van der Waals surface area contributed by atoms with Crippen molar-refractivity contribution in [3.05, 3.63) is 57.9 Å². The summed E-state index contributed by atoms with van der Waals surface area (Å²) >= 11 is 6.32. The molecule has 1 saturated carbocycles. The Morgan fingerprint density at radius 3 is 2.31 bits per heavy atom. The standard InChI is InChI=1S/C21H27ClN2.C4H11N/c1-15-8-11-20(22)21(16(15)2)24-14-18-9-10-19(23-13-18)12-17-6-4-3-5-7-17;1-3-5-4-2/h8-11,13,17,24H,3-7,12,14H2,1-2H3;5H,3-4H2,1-2H3. The number of hydrogen-bond donors (Lipinski definition) is 2. The molecule has 1 aliphatic rings. The van der Waals surface area contributed by atoms with E-state index in [4.69, 9.17) is 11.6 Å². The second-order valence-corrected chi connectivity index (χ2v) is 8.45. The number of nitrogens with zero attached hydrogens (tertiary/aromatic N) is 1. The minimum absolute atomic E-state index is 0.751. The van der Waals surface area contributed by atoms with E-state index in [-0.39, 0.29) is 0 Å². The zero-order valence-electron chi connectivity index (χ0n) is 18.7. The molecule has 160 valence electrons. The van der Waals surface area contributed by atoms with E-state index in [1.807, 2.05) is 12.3 Å². The summed E-state index contributed by atoms with van der Waals surface area (Å²) < 4.78 is 0. The molecule has 1 aromatic heterocycles. The Morgan fingerprint density at radius 2 is 1.72 bits per heavy atom. The SMILES string of the molecule is CCNCC.Cc1ccc(Cl)c(NCc2ccc(CC3CCCCC3)nc2)c1C. The van der Waals surface area contributed by atoms with Crippen LogP contribution in [-0.2, 0) is 13.0 Å². The molecule has 0 saturated heterocycles. The Kier molecular flexibility index (Phi) is 10.5. The highest BCUT2D eigenvalue weighted by molar-refractivity contribution is 6.33. The van der Waals surface area contributed by atoms with Gasteiger partial charge in [0.05, 0.1) is 10.7 Å². The van der Waals surface area contributed by atoms with Crippen LogP contribution in [0.5, 0.6) is 0 Å². The quantitative estimate of drug-likeness (QED) is 0.528. The first-order valence-electron chi connectivity index (χ1n) is 11.2. The smallest absolute Gasteiger partial charge is 0.0640 e. The van der Waals surface area contributed by atoms with Crippen molar-refractivity contribution in [3.8, 4) is 0 Å². The molecule has 3 rings (SSSR count). The summed E-state index contributed by atoms with van der Waals surface area (Å²) in [5.74, 6) is 0.837. The predicted molar refractivity (Wildman–Crippen MR) is 127 cm³/mol. The van der Waals surface area contributed by atoms with Crippen LogP contribution in [-0.4, -0.2) is 18.1 Å². The fourth-order valence-electron chi connectivity index (χ4n) is 3.81. The van der Waals surface area contributed by atoms with Gasteiger partial charge in [0.25, 0.3) is 0 Å². The molecule has 0 bridgehead atoms. The van der Waals surface area contributed by atoms with E-state index >= 15 is 0 Å². The van der Waals surface area contributed by atoms with Gasteiger partial charge < -0.3 is 10.6 Å². The summed E-state index contributed by atoms with van der Waals surface area (Å²) in [6.45, 7) is 11.4. The lowest BCUT2D eigenvalue weighted by molar-refractivity contribution is 0.354. The summed E-state index contributed by atoms with van der Waals surface area (Å²) in [4.78, 5) is 4.67.